The van der Waals surface area contributed by atoms with Gasteiger partial charge in [-0.15, -0.1) is 0 Å². The number of rotatable bonds is 5. The summed E-state index contributed by atoms with van der Waals surface area (Å²) in [4.78, 5) is 20.0. The Labute approximate surface area is 117 Å². The van der Waals surface area contributed by atoms with Crippen LogP contribution in [0.1, 0.15) is 28.3 Å². The topological polar surface area (TPSA) is 75.1 Å². The van der Waals surface area contributed by atoms with Gasteiger partial charge in [-0.2, -0.15) is 0 Å². The van der Waals surface area contributed by atoms with Crippen molar-refractivity contribution in [2.75, 3.05) is 6.54 Å². The maximum atomic E-state index is 11.8. The second-order valence-corrected chi connectivity index (χ2v) is 4.53. The summed E-state index contributed by atoms with van der Waals surface area (Å²) in [7, 11) is 0. The van der Waals surface area contributed by atoms with Gasteiger partial charge >= 0.3 is 0 Å². The number of carbonyl (C=O) groups excluding carboxylic acids is 1. The highest BCUT2D eigenvalue weighted by atomic mass is 16.3. The summed E-state index contributed by atoms with van der Waals surface area (Å²) in [6, 6.07) is 8.86. The second-order valence-electron chi connectivity index (χ2n) is 4.53. The van der Waals surface area contributed by atoms with Gasteiger partial charge < -0.3 is 10.4 Å². The number of nitrogens with one attached hydrogen (secondary N) is 1. The van der Waals surface area contributed by atoms with Gasteiger partial charge in [0.15, 0.2) is 0 Å². The van der Waals surface area contributed by atoms with E-state index >= 15 is 0 Å². The molecule has 2 aromatic rings. The largest absolute Gasteiger partial charge is 0.506 e. The highest BCUT2D eigenvalue weighted by Gasteiger charge is 2.06. The monoisotopic (exact) mass is 271 g/mol. The normalized spacial score (nSPS) is 10.2. The number of hydrogen-bond acceptors (Lipinski definition) is 4. The first-order chi connectivity index (χ1) is 9.65. The summed E-state index contributed by atoms with van der Waals surface area (Å²) in [6.45, 7) is 2.53. The van der Waals surface area contributed by atoms with Crippen LogP contribution in [-0.4, -0.2) is 27.5 Å². The molecule has 5 heteroatoms. The minimum Gasteiger partial charge on any atom is -0.506 e. The Morgan fingerprint density at radius 1 is 1.30 bits per heavy atom. The number of amides is 1. The van der Waals surface area contributed by atoms with Crippen LogP contribution in [0.5, 0.6) is 5.75 Å². The molecule has 2 N–H and O–H groups in total. The lowest BCUT2D eigenvalue weighted by Gasteiger charge is -2.05. The average Bonchev–Trinajstić information content (AvgIpc) is 2.44. The molecule has 20 heavy (non-hydrogen) atoms. The third-order valence-electron chi connectivity index (χ3n) is 2.82. The van der Waals surface area contributed by atoms with Crippen molar-refractivity contribution in [1.29, 1.82) is 0 Å². The number of aromatic nitrogens is 2. The first kappa shape index (κ1) is 14.0. The fourth-order valence-electron chi connectivity index (χ4n) is 1.82. The van der Waals surface area contributed by atoms with Crippen LogP contribution in [0.4, 0.5) is 0 Å². The summed E-state index contributed by atoms with van der Waals surface area (Å²) in [5, 5.41) is 11.9. The van der Waals surface area contributed by atoms with Gasteiger partial charge in [0.05, 0.1) is 6.20 Å². The Kier molecular flexibility index (Phi) is 4.65. The molecule has 0 aromatic carbocycles. The molecule has 0 atom stereocenters. The van der Waals surface area contributed by atoms with E-state index in [-0.39, 0.29) is 11.7 Å². The third-order valence-corrected chi connectivity index (χ3v) is 2.82. The molecule has 104 valence electrons. The molecule has 2 heterocycles. The number of pyridine rings is 2. The van der Waals surface area contributed by atoms with Crippen LogP contribution < -0.4 is 5.32 Å². The molecule has 0 fully saturated rings. The van der Waals surface area contributed by atoms with Crippen molar-refractivity contribution in [2.24, 2.45) is 0 Å². The van der Waals surface area contributed by atoms with Gasteiger partial charge in [-0.05, 0) is 44.0 Å². The summed E-state index contributed by atoms with van der Waals surface area (Å²) in [5.41, 5.74) is 2.33. The number of carbonyl (C=O) groups is 1. The van der Waals surface area contributed by atoms with E-state index in [0.717, 1.165) is 24.2 Å². The molecule has 0 saturated heterocycles. The van der Waals surface area contributed by atoms with E-state index in [0.29, 0.717) is 12.2 Å². The summed E-state index contributed by atoms with van der Waals surface area (Å²) in [6.07, 6.45) is 2.90. The lowest BCUT2D eigenvalue weighted by Crippen LogP contribution is -2.25. The zero-order valence-electron chi connectivity index (χ0n) is 11.3. The summed E-state index contributed by atoms with van der Waals surface area (Å²) < 4.78 is 0. The lowest BCUT2D eigenvalue weighted by atomic mass is 10.2. The van der Waals surface area contributed by atoms with Crippen LogP contribution in [-0.2, 0) is 6.42 Å². The molecule has 5 nitrogen and oxygen atoms in total. The lowest BCUT2D eigenvalue weighted by molar-refractivity contribution is 0.0948. The first-order valence-corrected chi connectivity index (χ1v) is 6.51. The Morgan fingerprint density at radius 3 is 2.85 bits per heavy atom. The molecule has 0 aliphatic rings. The van der Waals surface area contributed by atoms with Gasteiger partial charge in [-0.1, -0.05) is 6.07 Å². The Balaban J connectivity index is 1.76. The zero-order valence-corrected chi connectivity index (χ0v) is 11.3. The molecule has 0 saturated carbocycles. The number of nitrogens with zero attached hydrogens (tertiary/aromatic N) is 2. The molecule has 2 aromatic heterocycles. The van der Waals surface area contributed by atoms with Gasteiger partial charge in [-0.25, -0.2) is 4.98 Å². The minimum atomic E-state index is -0.234. The minimum absolute atomic E-state index is 0.0482. The smallest absolute Gasteiger partial charge is 0.269 e. The van der Waals surface area contributed by atoms with E-state index in [1.54, 1.807) is 0 Å². The van der Waals surface area contributed by atoms with Crippen molar-refractivity contribution < 1.29 is 9.90 Å². The van der Waals surface area contributed by atoms with Crippen LogP contribution in [0, 0.1) is 6.92 Å². The van der Waals surface area contributed by atoms with Crippen molar-refractivity contribution in [3.05, 3.63) is 53.6 Å². The van der Waals surface area contributed by atoms with E-state index in [1.165, 1.54) is 18.3 Å². The highest BCUT2D eigenvalue weighted by molar-refractivity contribution is 5.92. The van der Waals surface area contributed by atoms with Gasteiger partial charge in [0.25, 0.3) is 5.91 Å². The average molecular weight is 271 g/mol. The van der Waals surface area contributed by atoms with E-state index in [9.17, 15) is 4.79 Å². The van der Waals surface area contributed by atoms with Gasteiger partial charge in [0.1, 0.15) is 11.4 Å². The maximum absolute atomic E-state index is 11.8. The van der Waals surface area contributed by atoms with Crippen molar-refractivity contribution in [3.8, 4) is 5.75 Å². The fraction of sp³-hybridized carbons (Fsp3) is 0.267. The standard InChI is InChI=1S/C15H17N3O2/c1-11-4-2-5-12(18-11)6-3-9-16-15(20)14-8-7-13(19)10-17-14/h2,4-5,7-8,10,19H,3,6,9H2,1H3,(H,16,20). The molecule has 0 aliphatic carbocycles. The third kappa shape index (κ3) is 4.05. The maximum Gasteiger partial charge on any atom is 0.269 e. The van der Waals surface area contributed by atoms with Crippen molar-refractivity contribution >= 4 is 5.91 Å². The zero-order chi connectivity index (χ0) is 14.4. The number of hydrogen-bond donors (Lipinski definition) is 2. The molecule has 2 rings (SSSR count). The van der Waals surface area contributed by atoms with Crippen LogP contribution >= 0.6 is 0 Å². The Morgan fingerprint density at radius 2 is 2.15 bits per heavy atom. The van der Waals surface area contributed by atoms with Crippen LogP contribution in [0.3, 0.4) is 0 Å². The highest BCUT2D eigenvalue weighted by Crippen LogP contribution is 2.06. The molecular weight excluding hydrogens is 254 g/mol. The number of aromatic hydroxyl groups is 1. The van der Waals surface area contributed by atoms with Crippen molar-refractivity contribution in [3.63, 3.8) is 0 Å². The molecular formula is C15H17N3O2. The molecule has 0 unspecified atom stereocenters. The Hall–Kier alpha value is -2.43. The van der Waals surface area contributed by atoms with Crippen molar-refractivity contribution in [2.45, 2.75) is 19.8 Å². The molecule has 0 aliphatic heterocycles. The predicted octanol–water partition coefficient (Wildman–Crippen LogP) is 1.85. The predicted molar refractivity (Wildman–Crippen MR) is 75.5 cm³/mol. The van der Waals surface area contributed by atoms with Crippen LogP contribution in [0.15, 0.2) is 36.5 Å². The molecule has 0 spiro atoms. The number of aryl methyl sites for hydroxylation is 2. The van der Waals surface area contributed by atoms with Gasteiger partial charge in [-0.3, -0.25) is 9.78 Å². The Bertz CT molecular complexity index is 582. The van der Waals surface area contributed by atoms with Gasteiger partial charge in [0, 0.05) is 17.9 Å². The first-order valence-electron chi connectivity index (χ1n) is 6.51. The summed E-state index contributed by atoms with van der Waals surface area (Å²) in [5.74, 6) is -0.186. The molecule has 0 bridgehead atoms. The van der Waals surface area contributed by atoms with Gasteiger partial charge in [0.2, 0.25) is 0 Å². The van der Waals surface area contributed by atoms with E-state index < -0.39 is 0 Å². The summed E-state index contributed by atoms with van der Waals surface area (Å²) >= 11 is 0. The quantitative estimate of drug-likeness (QED) is 0.814. The van der Waals surface area contributed by atoms with E-state index in [1.807, 2.05) is 25.1 Å². The van der Waals surface area contributed by atoms with E-state index in [2.05, 4.69) is 15.3 Å². The van der Waals surface area contributed by atoms with Crippen LogP contribution in [0.25, 0.3) is 0 Å². The SMILES string of the molecule is Cc1cccc(CCCNC(=O)c2ccc(O)cn2)n1. The molecule has 1 amide bonds. The fourth-order valence-corrected chi connectivity index (χ4v) is 1.82. The molecule has 0 radical (unpaired) electrons. The van der Waals surface area contributed by atoms with Crippen molar-refractivity contribution in [1.82, 2.24) is 15.3 Å². The second kappa shape index (κ2) is 6.65. The van der Waals surface area contributed by atoms with E-state index in [4.69, 9.17) is 5.11 Å². The van der Waals surface area contributed by atoms with Crippen LogP contribution in [0.2, 0.25) is 0 Å².